The molecule has 0 atom stereocenters. The van der Waals surface area contributed by atoms with Crippen LogP contribution in [0.4, 0.5) is 0 Å². The number of nitrogens with zero attached hydrogens (tertiary/aromatic N) is 3. The number of likely N-dealkylation sites (tertiary alicyclic amines) is 1. The third-order valence-corrected chi connectivity index (χ3v) is 3.18. The molecule has 77 valence electrons. The van der Waals surface area contributed by atoms with Crippen molar-refractivity contribution in [3.8, 4) is 0 Å². The molecule has 3 nitrogen and oxygen atoms in total. The van der Waals surface area contributed by atoms with Gasteiger partial charge in [-0.25, -0.2) is 0 Å². The summed E-state index contributed by atoms with van der Waals surface area (Å²) in [6.45, 7) is 7.23. The van der Waals surface area contributed by atoms with Crippen molar-refractivity contribution >= 4 is 0 Å². The van der Waals surface area contributed by atoms with Crippen LogP contribution in [0.25, 0.3) is 0 Å². The molecule has 2 heterocycles. The van der Waals surface area contributed by atoms with E-state index in [9.17, 15) is 0 Å². The summed E-state index contributed by atoms with van der Waals surface area (Å²) in [5.41, 5.74) is 1.38. The highest BCUT2D eigenvalue weighted by molar-refractivity contribution is 5.08. The van der Waals surface area contributed by atoms with Gasteiger partial charge in [-0.1, -0.05) is 0 Å². The van der Waals surface area contributed by atoms with Crippen molar-refractivity contribution in [3.05, 3.63) is 24.9 Å². The number of hydrogen-bond donors (Lipinski definition) is 0. The fraction of sp³-hybridized carbons (Fsp3) is 0.636. The minimum Gasteiger partial charge on any atom is -0.303 e. The van der Waals surface area contributed by atoms with Crippen molar-refractivity contribution in [2.75, 3.05) is 19.6 Å². The van der Waals surface area contributed by atoms with Crippen molar-refractivity contribution in [3.63, 3.8) is 0 Å². The molecule has 0 N–H and O–H groups in total. The molecule has 1 saturated heterocycles. The quantitative estimate of drug-likeness (QED) is 0.707. The highest BCUT2D eigenvalue weighted by Crippen LogP contribution is 2.26. The average Bonchev–Trinajstić information content (AvgIpc) is 2.65. The molecule has 0 unspecified atom stereocenters. The Morgan fingerprint density at radius 1 is 1.50 bits per heavy atom. The van der Waals surface area contributed by atoms with Crippen molar-refractivity contribution in [2.24, 2.45) is 7.05 Å². The van der Waals surface area contributed by atoms with Gasteiger partial charge in [0.15, 0.2) is 0 Å². The molecule has 1 fully saturated rings. The molecule has 1 aliphatic heterocycles. The van der Waals surface area contributed by atoms with Crippen LogP contribution >= 0.6 is 0 Å². The van der Waals surface area contributed by atoms with E-state index in [1.54, 1.807) is 0 Å². The van der Waals surface area contributed by atoms with Gasteiger partial charge in [0.1, 0.15) is 0 Å². The number of hydrogen-bond acceptors (Lipinski definition) is 2. The Bertz CT molecular complexity index is 284. The topological polar surface area (TPSA) is 21.1 Å². The molecule has 0 aliphatic carbocycles. The minimum atomic E-state index is 0.699. The van der Waals surface area contributed by atoms with Crippen LogP contribution in [-0.2, 0) is 7.05 Å². The molecule has 1 aliphatic rings. The van der Waals surface area contributed by atoms with Crippen LogP contribution in [0.1, 0.15) is 24.5 Å². The molecule has 0 amide bonds. The molecule has 14 heavy (non-hydrogen) atoms. The van der Waals surface area contributed by atoms with Gasteiger partial charge >= 0.3 is 0 Å². The zero-order valence-corrected chi connectivity index (χ0v) is 8.82. The molecule has 0 saturated carbocycles. The first-order valence-corrected chi connectivity index (χ1v) is 5.30. The lowest BCUT2D eigenvalue weighted by Gasteiger charge is -2.30. The van der Waals surface area contributed by atoms with Gasteiger partial charge in [0, 0.05) is 24.9 Å². The lowest BCUT2D eigenvalue weighted by atomic mass is 9.93. The van der Waals surface area contributed by atoms with Gasteiger partial charge in [-0.3, -0.25) is 4.68 Å². The van der Waals surface area contributed by atoms with E-state index < -0.39 is 0 Å². The van der Waals surface area contributed by atoms with E-state index in [4.69, 9.17) is 0 Å². The molecule has 1 aromatic heterocycles. The third kappa shape index (κ3) is 1.82. The third-order valence-electron chi connectivity index (χ3n) is 3.18. The predicted molar refractivity (Wildman–Crippen MR) is 57.0 cm³/mol. The van der Waals surface area contributed by atoms with E-state index in [0.717, 1.165) is 6.54 Å². The largest absolute Gasteiger partial charge is 0.303 e. The Kier molecular flexibility index (Phi) is 2.87. The first-order chi connectivity index (χ1) is 6.81. The maximum atomic E-state index is 4.22. The van der Waals surface area contributed by atoms with E-state index in [0.29, 0.717) is 5.92 Å². The van der Waals surface area contributed by atoms with Gasteiger partial charge in [0.05, 0.1) is 0 Å². The molecule has 2 rings (SSSR count). The summed E-state index contributed by atoms with van der Waals surface area (Å²) in [5, 5.41) is 4.22. The fourth-order valence-electron chi connectivity index (χ4n) is 2.24. The Balaban J connectivity index is 1.99. The lowest BCUT2D eigenvalue weighted by molar-refractivity contribution is 0.228. The van der Waals surface area contributed by atoms with Crippen LogP contribution in [0.2, 0.25) is 0 Å². The zero-order chi connectivity index (χ0) is 9.97. The van der Waals surface area contributed by atoms with Gasteiger partial charge in [-0.15, -0.1) is 0 Å². The van der Waals surface area contributed by atoms with E-state index >= 15 is 0 Å². The van der Waals surface area contributed by atoms with Crippen molar-refractivity contribution < 1.29 is 0 Å². The summed E-state index contributed by atoms with van der Waals surface area (Å²) >= 11 is 0. The maximum Gasteiger partial charge on any atom is 0.0492 e. The molecule has 0 aromatic carbocycles. The second-order valence-corrected chi connectivity index (χ2v) is 4.00. The van der Waals surface area contributed by atoms with Crippen LogP contribution in [0.5, 0.6) is 0 Å². The normalized spacial score (nSPS) is 20.1. The summed E-state index contributed by atoms with van der Waals surface area (Å²) in [6.07, 6.45) is 4.38. The first kappa shape index (κ1) is 9.71. The summed E-state index contributed by atoms with van der Waals surface area (Å²) in [6, 6.07) is 2.14. The van der Waals surface area contributed by atoms with Crippen LogP contribution in [0, 0.1) is 6.92 Å². The average molecular weight is 192 g/mol. The van der Waals surface area contributed by atoms with Crippen LogP contribution in [-0.4, -0.2) is 34.3 Å². The van der Waals surface area contributed by atoms with Gasteiger partial charge in [-0.05, 0) is 45.5 Å². The van der Waals surface area contributed by atoms with E-state index in [-0.39, 0.29) is 0 Å². The second kappa shape index (κ2) is 4.13. The molecule has 0 spiro atoms. The number of aryl methyl sites for hydroxylation is 1. The van der Waals surface area contributed by atoms with Crippen molar-refractivity contribution in [1.82, 2.24) is 14.7 Å². The van der Waals surface area contributed by atoms with E-state index in [1.807, 2.05) is 17.9 Å². The Hall–Kier alpha value is -0.830. The number of aromatic nitrogens is 2. The Labute approximate surface area is 85.7 Å². The van der Waals surface area contributed by atoms with E-state index in [2.05, 4.69) is 23.0 Å². The van der Waals surface area contributed by atoms with Crippen LogP contribution in [0.15, 0.2) is 12.3 Å². The van der Waals surface area contributed by atoms with Crippen LogP contribution in [0.3, 0.4) is 0 Å². The SMILES string of the molecule is [CH2]CN1CCC(c2ccnn2C)CC1. The van der Waals surface area contributed by atoms with Gasteiger partial charge in [-0.2, -0.15) is 5.10 Å². The van der Waals surface area contributed by atoms with Crippen LogP contribution < -0.4 is 0 Å². The summed E-state index contributed by atoms with van der Waals surface area (Å²) < 4.78 is 2.00. The number of piperidine rings is 1. The monoisotopic (exact) mass is 192 g/mol. The maximum absolute atomic E-state index is 4.22. The second-order valence-electron chi connectivity index (χ2n) is 4.00. The lowest BCUT2D eigenvalue weighted by Crippen LogP contribution is -2.33. The summed E-state index contributed by atoms with van der Waals surface area (Å²) in [4.78, 5) is 2.41. The molecule has 1 radical (unpaired) electrons. The van der Waals surface area contributed by atoms with E-state index in [1.165, 1.54) is 31.6 Å². The number of rotatable bonds is 2. The highest BCUT2D eigenvalue weighted by Gasteiger charge is 2.21. The summed E-state index contributed by atoms with van der Waals surface area (Å²) in [5.74, 6) is 0.699. The summed E-state index contributed by atoms with van der Waals surface area (Å²) in [7, 11) is 2.03. The van der Waals surface area contributed by atoms with Gasteiger partial charge < -0.3 is 4.90 Å². The first-order valence-electron chi connectivity index (χ1n) is 5.30. The fourth-order valence-corrected chi connectivity index (χ4v) is 2.24. The minimum absolute atomic E-state index is 0.699. The zero-order valence-electron chi connectivity index (χ0n) is 8.82. The molecular weight excluding hydrogens is 174 g/mol. The molecule has 1 aromatic rings. The van der Waals surface area contributed by atoms with Crippen molar-refractivity contribution in [2.45, 2.75) is 18.8 Å². The molecule has 0 bridgehead atoms. The van der Waals surface area contributed by atoms with Gasteiger partial charge in [0.25, 0.3) is 0 Å². The van der Waals surface area contributed by atoms with Gasteiger partial charge in [0.2, 0.25) is 0 Å². The standard InChI is InChI=1S/C11H18N3/c1-3-14-8-5-10(6-9-14)11-4-7-12-13(11)2/h4,7,10H,1,3,5-6,8-9H2,2H3. The smallest absolute Gasteiger partial charge is 0.0492 e. The van der Waals surface area contributed by atoms with Crippen molar-refractivity contribution in [1.29, 1.82) is 0 Å². The molecular formula is C11H18N3. The highest BCUT2D eigenvalue weighted by atomic mass is 15.3. The Morgan fingerprint density at radius 3 is 2.71 bits per heavy atom. The Morgan fingerprint density at radius 2 is 2.21 bits per heavy atom. The predicted octanol–water partition coefficient (Wildman–Crippen LogP) is 1.43. The molecule has 3 heteroatoms.